The van der Waals surface area contributed by atoms with Gasteiger partial charge in [-0.3, -0.25) is 4.79 Å². The summed E-state index contributed by atoms with van der Waals surface area (Å²) in [6, 6.07) is 7.21. The molecule has 0 unspecified atom stereocenters. The third-order valence-corrected chi connectivity index (χ3v) is 6.36. The number of carbonyl (C=O) groups is 1. The Kier molecular flexibility index (Phi) is 4.19. The molecule has 4 aliphatic carbocycles. The molecule has 4 fully saturated rings. The fraction of sp³-hybridized carbons (Fsp3) is 0.619. The number of rotatable bonds is 6. The van der Waals surface area contributed by atoms with Crippen LogP contribution in [0.1, 0.15) is 51.0 Å². The minimum atomic E-state index is -0.132. The van der Waals surface area contributed by atoms with Gasteiger partial charge < -0.3 is 9.47 Å². The first kappa shape index (κ1) is 16.4. The van der Waals surface area contributed by atoms with Gasteiger partial charge in [0.05, 0.1) is 18.2 Å². The Hall–Kier alpha value is -2.02. The summed E-state index contributed by atoms with van der Waals surface area (Å²) in [6.07, 6.45) is 7.18. The highest BCUT2D eigenvalue weighted by atomic mass is 16.5. The SMILES string of the molecule is CCOc1cc(C#N)ccc1OCC(=O)C12CC3CC(CC(C3)C1)C2. The van der Waals surface area contributed by atoms with E-state index in [9.17, 15) is 4.79 Å². The minimum Gasteiger partial charge on any atom is -0.490 e. The van der Waals surface area contributed by atoms with Crippen LogP contribution in [0.25, 0.3) is 0 Å². The van der Waals surface area contributed by atoms with E-state index in [2.05, 4.69) is 6.07 Å². The second-order valence-electron chi connectivity index (χ2n) is 8.12. The van der Waals surface area contributed by atoms with Crippen molar-refractivity contribution in [3.05, 3.63) is 23.8 Å². The highest BCUT2D eigenvalue weighted by molar-refractivity contribution is 5.86. The molecular formula is C21H25NO3. The number of Topliss-reactive ketones (excluding diaryl/α,β-unsaturated/α-hetero) is 1. The van der Waals surface area contributed by atoms with Crippen LogP contribution in [0, 0.1) is 34.5 Å². The highest BCUT2D eigenvalue weighted by Gasteiger charge is 2.54. The summed E-state index contributed by atoms with van der Waals surface area (Å²) in [4.78, 5) is 13.0. The van der Waals surface area contributed by atoms with Gasteiger partial charge in [0.25, 0.3) is 0 Å². The molecule has 25 heavy (non-hydrogen) atoms. The Morgan fingerprint density at radius 2 is 1.76 bits per heavy atom. The maximum Gasteiger partial charge on any atom is 0.176 e. The van der Waals surface area contributed by atoms with E-state index in [-0.39, 0.29) is 17.8 Å². The molecule has 5 rings (SSSR count). The predicted molar refractivity (Wildman–Crippen MR) is 93.4 cm³/mol. The molecule has 0 atom stereocenters. The summed E-state index contributed by atoms with van der Waals surface area (Å²) in [5.41, 5.74) is 0.399. The Balaban J connectivity index is 1.47. The number of nitrogens with zero attached hydrogens (tertiary/aromatic N) is 1. The van der Waals surface area contributed by atoms with E-state index in [4.69, 9.17) is 14.7 Å². The van der Waals surface area contributed by atoms with E-state index in [1.807, 2.05) is 6.92 Å². The second-order valence-corrected chi connectivity index (χ2v) is 8.12. The summed E-state index contributed by atoms with van der Waals surface area (Å²) < 4.78 is 11.4. The lowest BCUT2D eigenvalue weighted by atomic mass is 9.48. The van der Waals surface area contributed by atoms with E-state index < -0.39 is 0 Å². The monoisotopic (exact) mass is 339 g/mol. The van der Waals surface area contributed by atoms with Crippen LogP contribution in [0.4, 0.5) is 0 Å². The molecule has 1 aromatic carbocycles. The van der Waals surface area contributed by atoms with Crippen LogP contribution >= 0.6 is 0 Å². The number of nitriles is 1. The average Bonchev–Trinajstić information content (AvgIpc) is 2.59. The van der Waals surface area contributed by atoms with Crippen molar-refractivity contribution in [3.63, 3.8) is 0 Å². The number of carbonyl (C=O) groups excluding carboxylic acids is 1. The molecule has 0 aromatic heterocycles. The molecule has 0 N–H and O–H groups in total. The van der Waals surface area contributed by atoms with Crippen molar-refractivity contribution in [2.45, 2.75) is 45.4 Å². The molecule has 0 saturated heterocycles. The standard InChI is InChI=1S/C21H25NO3/c1-2-24-19-8-14(12-22)3-4-18(19)25-13-20(23)21-9-15-5-16(10-21)7-17(6-15)11-21/h3-4,8,15-17H,2,5-7,9-11,13H2,1H3. The number of hydrogen-bond donors (Lipinski definition) is 0. The fourth-order valence-electron chi connectivity index (χ4n) is 5.71. The Bertz CT molecular complexity index is 683. The van der Waals surface area contributed by atoms with Crippen LogP contribution in [0.15, 0.2) is 18.2 Å². The van der Waals surface area contributed by atoms with Crippen molar-refractivity contribution in [2.24, 2.45) is 23.2 Å². The third kappa shape index (κ3) is 3.01. The van der Waals surface area contributed by atoms with Gasteiger partial charge >= 0.3 is 0 Å². The predicted octanol–water partition coefficient (Wildman–Crippen LogP) is 4.12. The van der Waals surface area contributed by atoms with E-state index in [0.717, 1.165) is 37.0 Å². The normalized spacial score (nSPS) is 32.2. The number of ketones is 1. The molecular weight excluding hydrogens is 314 g/mol. The van der Waals surface area contributed by atoms with Crippen LogP contribution in [0.2, 0.25) is 0 Å². The molecule has 1 aromatic rings. The summed E-state index contributed by atoms with van der Waals surface area (Å²) in [5.74, 6) is 3.62. The van der Waals surface area contributed by atoms with E-state index in [0.29, 0.717) is 23.7 Å². The molecule has 4 aliphatic rings. The van der Waals surface area contributed by atoms with Gasteiger partial charge in [-0.25, -0.2) is 0 Å². The molecule has 0 spiro atoms. The zero-order chi connectivity index (χ0) is 17.4. The van der Waals surface area contributed by atoms with Crippen molar-refractivity contribution in [1.29, 1.82) is 5.26 Å². The lowest BCUT2D eigenvalue weighted by Gasteiger charge is -2.55. The molecule has 4 nitrogen and oxygen atoms in total. The van der Waals surface area contributed by atoms with Crippen molar-refractivity contribution in [2.75, 3.05) is 13.2 Å². The topological polar surface area (TPSA) is 59.3 Å². The average molecular weight is 339 g/mol. The van der Waals surface area contributed by atoms with Crippen molar-refractivity contribution in [3.8, 4) is 17.6 Å². The molecule has 0 heterocycles. The van der Waals surface area contributed by atoms with E-state index >= 15 is 0 Å². The van der Waals surface area contributed by atoms with Gasteiger partial charge in [0.1, 0.15) is 6.61 Å². The van der Waals surface area contributed by atoms with Crippen LogP contribution < -0.4 is 9.47 Å². The smallest absolute Gasteiger partial charge is 0.176 e. The molecule has 4 bridgehead atoms. The zero-order valence-corrected chi connectivity index (χ0v) is 14.8. The van der Waals surface area contributed by atoms with Crippen LogP contribution in [-0.4, -0.2) is 19.0 Å². The second kappa shape index (κ2) is 6.37. The summed E-state index contributed by atoms with van der Waals surface area (Å²) in [7, 11) is 0. The zero-order valence-electron chi connectivity index (χ0n) is 14.8. The quantitative estimate of drug-likeness (QED) is 0.782. The molecule has 0 aliphatic heterocycles. The summed E-state index contributed by atoms with van der Waals surface area (Å²) in [5, 5.41) is 9.03. The Morgan fingerprint density at radius 3 is 2.32 bits per heavy atom. The lowest BCUT2D eigenvalue weighted by molar-refractivity contribution is -0.146. The van der Waals surface area contributed by atoms with Gasteiger partial charge in [-0.2, -0.15) is 5.26 Å². The van der Waals surface area contributed by atoms with Crippen molar-refractivity contribution in [1.82, 2.24) is 0 Å². The van der Waals surface area contributed by atoms with Gasteiger partial charge in [-0.1, -0.05) is 0 Å². The molecule has 4 heteroatoms. The molecule has 0 radical (unpaired) electrons. The fourth-order valence-corrected chi connectivity index (χ4v) is 5.71. The van der Waals surface area contributed by atoms with Crippen LogP contribution in [0.3, 0.4) is 0 Å². The van der Waals surface area contributed by atoms with Crippen molar-refractivity contribution >= 4 is 5.78 Å². The minimum absolute atomic E-state index is 0.109. The number of hydrogen-bond acceptors (Lipinski definition) is 4. The van der Waals surface area contributed by atoms with Gasteiger partial charge in [-0.15, -0.1) is 0 Å². The maximum atomic E-state index is 13.0. The van der Waals surface area contributed by atoms with Gasteiger partial charge in [-0.05, 0) is 75.3 Å². The van der Waals surface area contributed by atoms with Gasteiger partial charge in [0.2, 0.25) is 0 Å². The van der Waals surface area contributed by atoms with Gasteiger partial charge in [0, 0.05) is 11.5 Å². The van der Waals surface area contributed by atoms with Crippen molar-refractivity contribution < 1.29 is 14.3 Å². The first-order valence-corrected chi connectivity index (χ1v) is 9.45. The lowest BCUT2D eigenvalue weighted by Crippen LogP contribution is -2.51. The number of benzene rings is 1. The highest BCUT2D eigenvalue weighted by Crippen LogP contribution is 2.60. The molecule has 132 valence electrons. The van der Waals surface area contributed by atoms with Gasteiger partial charge in [0.15, 0.2) is 17.3 Å². The Morgan fingerprint density at radius 1 is 1.12 bits per heavy atom. The molecule has 4 saturated carbocycles. The first-order valence-electron chi connectivity index (χ1n) is 9.45. The van der Waals surface area contributed by atoms with E-state index in [1.54, 1.807) is 18.2 Å². The number of ether oxygens (including phenoxy) is 2. The van der Waals surface area contributed by atoms with Crippen LogP contribution in [0.5, 0.6) is 11.5 Å². The maximum absolute atomic E-state index is 13.0. The summed E-state index contributed by atoms with van der Waals surface area (Å²) in [6.45, 7) is 2.50. The Labute approximate surface area is 149 Å². The largest absolute Gasteiger partial charge is 0.490 e. The van der Waals surface area contributed by atoms with Crippen LogP contribution in [-0.2, 0) is 4.79 Å². The molecule has 0 amide bonds. The summed E-state index contributed by atoms with van der Waals surface area (Å²) >= 11 is 0. The van der Waals surface area contributed by atoms with E-state index in [1.165, 1.54) is 19.3 Å². The first-order chi connectivity index (χ1) is 12.1. The third-order valence-electron chi connectivity index (χ3n) is 6.36.